The smallest absolute Gasteiger partial charge is 0.303 e. The molecular weight excluding hydrogens is 388 g/mol. The molecule has 0 aromatic heterocycles. The van der Waals surface area contributed by atoms with Crippen molar-refractivity contribution in [2.75, 3.05) is 0 Å². The van der Waals surface area contributed by atoms with E-state index in [4.69, 9.17) is 11.5 Å². The average Bonchev–Trinajstić information content (AvgIpc) is 3.07. The monoisotopic (exact) mass is 430 g/mol. The maximum Gasteiger partial charge on any atom is 0.303 e. The Morgan fingerprint density at radius 3 is 2.42 bits per heavy atom. The molecule has 0 spiro atoms. The number of carboxylic acid groups (broad SMARTS) is 1. The summed E-state index contributed by atoms with van der Waals surface area (Å²) < 4.78 is 0. The summed E-state index contributed by atoms with van der Waals surface area (Å²) in [6.45, 7) is 7.11. The number of carbonyl (C=O) groups is 1. The highest BCUT2D eigenvalue weighted by molar-refractivity contribution is 5.66. The van der Waals surface area contributed by atoms with Crippen LogP contribution in [0.15, 0.2) is 0 Å². The second-order valence-corrected chi connectivity index (χ2v) is 12.0. The second kappa shape index (κ2) is 8.38. The molecule has 11 atom stereocenters. The molecule has 4 fully saturated rings. The van der Waals surface area contributed by atoms with Crippen LogP contribution in [-0.4, -0.2) is 33.5 Å². The summed E-state index contributed by atoms with van der Waals surface area (Å²) in [6, 6.07) is 0. The maximum absolute atomic E-state index is 11.7. The number of terminal acetylenes is 1. The van der Waals surface area contributed by atoms with Gasteiger partial charge < -0.3 is 15.3 Å². The van der Waals surface area contributed by atoms with Crippen molar-refractivity contribution in [2.24, 2.45) is 52.3 Å². The minimum atomic E-state index is -0.700. The van der Waals surface area contributed by atoms with Crippen LogP contribution >= 0.6 is 0 Å². The lowest BCUT2D eigenvalue weighted by molar-refractivity contribution is -0.201. The van der Waals surface area contributed by atoms with Gasteiger partial charge in [-0.15, -0.1) is 12.3 Å². The van der Waals surface area contributed by atoms with Crippen molar-refractivity contribution in [3.63, 3.8) is 0 Å². The van der Waals surface area contributed by atoms with E-state index in [0.29, 0.717) is 36.0 Å². The van der Waals surface area contributed by atoms with E-state index >= 15 is 0 Å². The molecule has 31 heavy (non-hydrogen) atoms. The molecule has 0 aliphatic heterocycles. The third-order valence-electron chi connectivity index (χ3n) is 10.8. The van der Waals surface area contributed by atoms with Crippen LogP contribution in [0.1, 0.15) is 85.0 Å². The molecule has 0 saturated heterocycles. The lowest BCUT2D eigenvalue weighted by Crippen LogP contribution is -2.62. The van der Waals surface area contributed by atoms with Crippen molar-refractivity contribution in [3.8, 4) is 12.3 Å². The van der Waals surface area contributed by atoms with Gasteiger partial charge in [-0.25, -0.2) is 0 Å². The molecule has 4 aliphatic carbocycles. The molecule has 0 unspecified atom stereocenters. The molecule has 4 rings (SSSR count). The number of carboxylic acids is 1. The quantitative estimate of drug-likeness (QED) is 0.551. The summed E-state index contributed by atoms with van der Waals surface area (Å²) in [7, 11) is 0. The van der Waals surface area contributed by atoms with E-state index in [2.05, 4.69) is 26.7 Å². The average molecular weight is 431 g/mol. The van der Waals surface area contributed by atoms with Gasteiger partial charge in [0.1, 0.15) is 0 Å². The van der Waals surface area contributed by atoms with Crippen LogP contribution in [0, 0.1) is 64.6 Å². The van der Waals surface area contributed by atoms with E-state index in [0.717, 1.165) is 44.9 Å². The molecule has 3 N–H and O–H groups in total. The zero-order valence-electron chi connectivity index (χ0n) is 19.6. The van der Waals surface area contributed by atoms with E-state index in [-0.39, 0.29) is 41.3 Å². The predicted octanol–water partition coefficient (Wildman–Crippen LogP) is 4.73. The van der Waals surface area contributed by atoms with Crippen LogP contribution in [0.5, 0.6) is 0 Å². The second-order valence-electron chi connectivity index (χ2n) is 12.0. The van der Waals surface area contributed by atoms with E-state index in [1.165, 1.54) is 6.42 Å². The molecule has 4 heteroatoms. The van der Waals surface area contributed by atoms with Crippen LogP contribution in [0.3, 0.4) is 0 Å². The Labute approximate surface area is 188 Å². The number of rotatable bonds is 5. The minimum absolute atomic E-state index is 0.0806. The third-order valence-corrected chi connectivity index (χ3v) is 10.8. The molecule has 0 aromatic carbocycles. The van der Waals surface area contributed by atoms with Gasteiger partial charge in [0.15, 0.2) is 0 Å². The van der Waals surface area contributed by atoms with E-state index in [1.807, 2.05) is 0 Å². The fourth-order valence-corrected chi connectivity index (χ4v) is 9.36. The number of aliphatic carboxylic acids is 1. The molecule has 0 amide bonds. The number of aliphatic hydroxyl groups excluding tert-OH is 2. The zero-order valence-corrected chi connectivity index (χ0v) is 19.6. The van der Waals surface area contributed by atoms with Gasteiger partial charge in [-0.3, -0.25) is 4.79 Å². The SMILES string of the molecule is C#CC[C@H]1[C@@H](O)[C@@H]2[C@H](CC[C@]3(C)[C@@H]([C@H](C)CCC(=O)O)CC[C@@H]23)[C@@]2(C)CC[C@@H](O)C[C@@H]12. The summed E-state index contributed by atoms with van der Waals surface area (Å²) in [5.74, 6) is 4.75. The van der Waals surface area contributed by atoms with Crippen LogP contribution in [0.4, 0.5) is 0 Å². The molecular formula is C27H42O4. The number of fused-ring (bicyclic) bond motifs is 5. The fourth-order valence-electron chi connectivity index (χ4n) is 9.36. The maximum atomic E-state index is 11.7. The van der Waals surface area contributed by atoms with Gasteiger partial charge in [0.25, 0.3) is 0 Å². The Morgan fingerprint density at radius 1 is 1.06 bits per heavy atom. The van der Waals surface area contributed by atoms with Crippen molar-refractivity contribution < 1.29 is 20.1 Å². The van der Waals surface area contributed by atoms with Gasteiger partial charge in [0.2, 0.25) is 0 Å². The Bertz CT molecular complexity index is 727. The number of hydrogen-bond donors (Lipinski definition) is 3. The predicted molar refractivity (Wildman–Crippen MR) is 121 cm³/mol. The normalized spacial score (nSPS) is 49.9. The summed E-state index contributed by atoms with van der Waals surface area (Å²) >= 11 is 0. The van der Waals surface area contributed by atoms with Crippen LogP contribution in [-0.2, 0) is 4.79 Å². The Kier molecular flexibility index (Phi) is 6.25. The molecule has 4 aliphatic rings. The van der Waals surface area contributed by atoms with E-state index < -0.39 is 5.97 Å². The Morgan fingerprint density at radius 2 is 1.74 bits per heavy atom. The summed E-state index contributed by atoms with van der Waals surface area (Å²) in [4.78, 5) is 11.1. The van der Waals surface area contributed by atoms with Crippen LogP contribution < -0.4 is 0 Å². The topological polar surface area (TPSA) is 77.8 Å². The van der Waals surface area contributed by atoms with Crippen molar-refractivity contribution in [1.82, 2.24) is 0 Å². The minimum Gasteiger partial charge on any atom is -0.481 e. The van der Waals surface area contributed by atoms with Gasteiger partial charge in [0.05, 0.1) is 12.2 Å². The molecule has 4 saturated carbocycles. The lowest BCUT2D eigenvalue weighted by atomic mass is 9.41. The van der Waals surface area contributed by atoms with Gasteiger partial charge in [-0.1, -0.05) is 20.8 Å². The number of hydrogen-bond acceptors (Lipinski definition) is 3. The highest BCUT2D eigenvalue weighted by Gasteiger charge is 2.65. The third kappa shape index (κ3) is 3.65. The zero-order chi connectivity index (χ0) is 22.6. The first kappa shape index (κ1) is 23.1. The largest absolute Gasteiger partial charge is 0.481 e. The van der Waals surface area contributed by atoms with Crippen LogP contribution in [0.25, 0.3) is 0 Å². The molecule has 0 bridgehead atoms. The van der Waals surface area contributed by atoms with Gasteiger partial charge in [0, 0.05) is 12.8 Å². The molecule has 0 heterocycles. The van der Waals surface area contributed by atoms with Crippen LogP contribution in [0.2, 0.25) is 0 Å². The first-order chi connectivity index (χ1) is 14.6. The molecule has 0 radical (unpaired) electrons. The first-order valence-corrected chi connectivity index (χ1v) is 12.6. The van der Waals surface area contributed by atoms with Crippen molar-refractivity contribution in [1.29, 1.82) is 0 Å². The van der Waals surface area contributed by atoms with Crippen molar-refractivity contribution in [2.45, 2.75) is 97.2 Å². The van der Waals surface area contributed by atoms with E-state index in [9.17, 15) is 15.0 Å². The highest BCUT2D eigenvalue weighted by atomic mass is 16.4. The fraction of sp³-hybridized carbons (Fsp3) is 0.889. The molecule has 0 aromatic rings. The summed E-state index contributed by atoms with van der Waals surface area (Å²) in [5, 5.41) is 31.3. The van der Waals surface area contributed by atoms with Gasteiger partial charge in [-0.05, 0) is 104 Å². The summed E-state index contributed by atoms with van der Waals surface area (Å²) in [6.07, 6.45) is 14.0. The standard InChI is InChI=1S/C27H42O4/c1-5-6-18-22-15-17(28)11-13-27(22,4)21-12-14-26(3)19(16(2)7-10-23(29)30)8-9-20(26)24(21)25(18)31/h1,16-22,24-25,28,31H,6-15H2,2-4H3,(H,29,30)/t16-,17-,18-,19-,20+,21+,22+,24+,25-,26-,27-/m1/s1. The van der Waals surface area contributed by atoms with E-state index in [1.54, 1.807) is 0 Å². The molecule has 174 valence electrons. The first-order valence-electron chi connectivity index (χ1n) is 12.6. The lowest BCUT2D eigenvalue weighted by Gasteiger charge is -2.64. The Balaban J connectivity index is 1.63. The van der Waals surface area contributed by atoms with Gasteiger partial charge in [-0.2, -0.15) is 0 Å². The van der Waals surface area contributed by atoms with Crippen molar-refractivity contribution >= 4 is 5.97 Å². The summed E-state index contributed by atoms with van der Waals surface area (Å²) in [5.41, 5.74) is 0.330. The Hall–Kier alpha value is -1.05. The highest BCUT2D eigenvalue weighted by Crippen LogP contribution is 2.69. The number of aliphatic hydroxyl groups is 2. The van der Waals surface area contributed by atoms with Crippen molar-refractivity contribution in [3.05, 3.63) is 0 Å². The van der Waals surface area contributed by atoms with Gasteiger partial charge >= 0.3 is 5.97 Å². The molecule has 4 nitrogen and oxygen atoms in total.